The molecule has 0 fully saturated rings. The summed E-state index contributed by atoms with van der Waals surface area (Å²) < 4.78 is 3.12. The summed E-state index contributed by atoms with van der Waals surface area (Å²) in [6.45, 7) is 1.92. The van der Waals surface area contributed by atoms with E-state index in [-0.39, 0.29) is 11.7 Å². The van der Waals surface area contributed by atoms with Crippen molar-refractivity contribution in [2.45, 2.75) is 11.3 Å². The van der Waals surface area contributed by atoms with Crippen molar-refractivity contribution in [2.24, 2.45) is 0 Å². The zero-order valence-electron chi connectivity index (χ0n) is 13.2. The predicted molar refractivity (Wildman–Crippen MR) is 108 cm³/mol. The van der Waals surface area contributed by atoms with Crippen molar-refractivity contribution in [1.29, 1.82) is 0 Å². The van der Waals surface area contributed by atoms with E-state index in [2.05, 4.69) is 10.4 Å². The van der Waals surface area contributed by atoms with Crippen LogP contribution in [0.1, 0.15) is 5.56 Å². The lowest BCUT2D eigenvalue weighted by Crippen LogP contribution is -2.14. The van der Waals surface area contributed by atoms with Gasteiger partial charge in [-0.15, -0.1) is 5.10 Å². The topological polar surface area (TPSA) is 46.9 Å². The number of hydrogen-bond donors (Lipinski definition) is 1. The van der Waals surface area contributed by atoms with Crippen molar-refractivity contribution in [3.63, 3.8) is 0 Å². The molecule has 25 heavy (non-hydrogen) atoms. The maximum Gasteiger partial charge on any atom is 0.234 e. The third-order valence-electron chi connectivity index (χ3n) is 3.31. The molecule has 0 bridgehead atoms. The van der Waals surface area contributed by atoms with E-state index in [0.717, 1.165) is 15.6 Å². The third-order valence-corrected chi connectivity index (χ3v) is 6.08. The summed E-state index contributed by atoms with van der Waals surface area (Å²) in [4.78, 5) is 12.1. The number of rotatable bonds is 5. The number of carbonyl (C=O) groups excluding carboxylic acids is 1. The first-order valence-electron chi connectivity index (χ1n) is 7.37. The van der Waals surface area contributed by atoms with Gasteiger partial charge < -0.3 is 5.32 Å². The zero-order valence-corrected chi connectivity index (χ0v) is 16.4. The molecule has 0 aliphatic rings. The molecule has 0 unspecified atom stereocenters. The minimum absolute atomic E-state index is 0.114. The molecule has 1 heterocycles. The van der Waals surface area contributed by atoms with E-state index in [1.54, 1.807) is 10.7 Å². The minimum Gasteiger partial charge on any atom is -0.325 e. The monoisotopic (exact) mass is 407 g/mol. The van der Waals surface area contributed by atoms with Crippen LogP contribution >= 0.6 is 46.9 Å². The third kappa shape index (κ3) is 4.70. The van der Waals surface area contributed by atoms with Crippen LogP contribution in [0.25, 0.3) is 5.69 Å². The van der Waals surface area contributed by atoms with Gasteiger partial charge in [-0.05, 0) is 49.0 Å². The van der Waals surface area contributed by atoms with Gasteiger partial charge in [-0.1, -0.05) is 59.0 Å². The van der Waals surface area contributed by atoms with Gasteiger partial charge in [-0.2, -0.15) is 0 Å². The van der Waals surface area contributed by atoms with Crippen LogP contribution in [0.5, 0.6) is 0 Å². The number of halogens is 1. The number of hydrogen-bond acceptors (Lipinski definition) is 5. The Morgan fingerprint density at radius 1 is 1.32 bits per heavy atom. The molecule has 0 saturated carbocycles. The smallest absolute Gasteiger partial charge is 0.234 e. The van der Waals surface area contributed by atoms with E-state index in [9.17, 15) is 4.79 Å². The van der Waals surface area contributed by atoms with Crippen molar-refractivity contribution < 1.29 is 4.79 Å². The fraction of sp³-hybridized carbons (Fsp3) is 0.118. The van der Waals surface area contributed by atoms with Crippen LogP contribution in [0, 0.1) is 10.9 Å². The lowest BCUT2D eigenvalue weighted by Gasteiger charge is -2.06. The Morgan fingerprint density at radius 3 is 2.80 bits per heavy atom. The van der Waals surface area contributed by atoms with Crippen molar-refractivity contribution in [1.82, 2.24) is 9.78 Å². The number of aromatic nitrogens is 2. The maximum atomic E-state index is 12.1. The normalized spacial score (nSPS) is 10.6. The minimum atomic E-state index is -0.114. The average molecular weight is 408 g/mol. The van der Waals surface area contributed by atoms with Gasteiger partial charge in [0.25, 0.3) is 0 Å². The van der Waals surface area contributed by atoms with E-state index in [0.29, 0.717) is 14.7 Å². The largest absolute Gasteiger partial charge is 0.325 e. The molecule has 1 N–H and O–H groups in total. The Labute approximate surface area is 163 Å². The molecule has 1 aromatic heterocycles. The molecular formula is C17H14ClN3OS3. The van der Waals surface area contributed by atoms with Gasteiger partial charge >= 0.3 is 0 Å². The Bertz CT molecular complexity index is 953. The van der Waals surface area contributed by atoms with E-state index in [1.165, 1.54) is 23.1 Å². The van der Waals surface area contributed by atoms with Gasteiger partial charge in [0.1, 0.15) is 0 Å². The molecule has 0 aliphatic carbocycles. The predicted octanol–water partition coefficient (Wildman–Crippen LogP) is 5.36. The molecule has 128 valence electrons. The number of nitrogens with zero attached hydrogens (tertiary/aromatic N) is 2. The number of amides is 1. The maximum absolute atomic E-state index is 12.1. The van der Waals surface area contributed by atoms with E-state index in [4.69, 9.17) is 23.8 Å². The molecule has 1 amide bonds. The van der Waals surface area contributed by atoms with E-state index in [1.807, 2.05) is 49.4 Å². The first-order chi connectivity index (χ1) is 12.0. The fourth-order valence-corrected chi connectivity index (χ4v) is 4.39. The van der Waals surface area contributed by atoms with Crippen molar-refractivity contribution in [3.05, 3.63) is 63.1 Å². The summed E-state index contributed by atoms with van der Waals surface area (Å²) in [7, 11) is 0. The highest BCUT2D eigenvalue weighted by Crippen LogP contribution is 2.25. The molecule has 0 atom stereocenters. The van der Waals surface area contributed by atoms with Crippen LogP contribution in [0.2, 0.25) is 5.02 Å². The number of aryl methyl sites for hydroxylation is 1. The second kappa shape index (κ2) is 8.14. The highest BCUT2D eigenvalue weighted by atomic mass is 35.5. The van der Waals surface area contributed by atoms with E-state index >= 15 is 0 Å². The summed E-state index contributed by atoms with van der Waals surface area (Å²) in [6, 6.07) is 15.1. The van der Waals surface area contributed by atoms with Gasteiger partial charge in [0.2, 0.25) is 5.91 Å². The summed E-state index contributed by atoms with van der Waals surface area (Å²) in [5.41, 5.74) is 2.57. The SMILES string of the molecule is Cc1ccc(NC(=O)CSc2nn(-c3ccccc3)c(=S)s2)cc1Cl. The molecule has 0 spiro atoms. The van der Waals surface area contributed by atoms with Crippen LogP contribution in [-0.4, -0.2) is 21.4 Å². The fourth-order valence-electron chi connectivity index (χ4n) is 2.05. The Morgan fingerprint density at radius 2 is 2.08 bits per heavy atom. The van der Waals surface area contributed by atoms with Gasteiger partial charge in [-0.3, -0.25) is 4.79 Å². The molecule has 2 aromatic carbocycles. The lowest BCUT2D eigenvalue weighted by atomic mass is 10.2. The molecule has 3 aromatic rings. The Hall–Kier alpha value is -1.67. The van der Waals surface area contributed by atoms with Crippen LogP contribution in [0.4, 0.5) is 5.69 Å². The van der Waals surface area contributed by atoms with Gasteiger partial charge in [0.15, 0.2) is 8.29 Å². The van der Waals surface area contributed by atoms with Crippen LogP contribution < -0.4 is 5.32 Å². The summed E-state index contributed by atoms with van der Waals surface area (Å²) >= 11 is 14.2. The van der Waals surface area contributed by atoms with Crippen LogP contribution in [0.15, 0.2) is 52.9 Å². The van der Waals surface area contributed by atoms with Crippen molar-refractivity contribution in [3.8, 4) is 5.69 Å². The Balaban J connectivity index is 1.63. The van der Waals surface area contributed by atoms with Gasteiger partial charge in [0.05, 0.1) is 11.4 Å². The molecule has 0 aliphatic heterocycles. The number of thioether (sulfide) groups is 1. The molecule has 0 saturated heterocycles. The van der Waals surface area contributed by atoms with Crippen LogP contribution in [0.3, 0.4) is 0 Å². The first-order valence-corrected chi connectivity index (χ1v) is 9.96. The number of anilines is 1. The molecule has 3 rings (SSSR count). The Kier molecular flexibility index (Phi) is 5.90. The second-order valence-electron chi connectivity index (χ2n) is 5.18. The van der Waals surface area contributed by atoms with Crippen LogP contribution in [-0.2, 0) is 4.79 Å². The average Bonchev–Trinajstić information content (AvgIpc) is 2.98. The van der Waals surface area contributed by atoms with Crippen molar-refractivity contribution >= 4 is 58.5 Å². The summed E-state index contributed by atoms with van der Waals surface area (Å²) in [6.07, 6.45) is 0. The van der Waals surface area contributed by atoms with Gasteiger partial charge in [0, 0.05) is 10.7 Å². The number of nitrogens with one attached hydrogen (secondary N) is 1. The van der Waals surface area contributed by atoms with Crippen molar-refractivity contribution in [2.75, 3.05) is 11.1 Å². The molecular weight excluding hydrogens is 394 g/mol. The quantitative estimate of drug-likeness (QED) is 0.457. The van der Waals surface area contributed by atoms with Gasteiger partial charge in [-0.25, -0.2) is 4.68 Å². The second-order valence-corrected chi connectivity index (χ2v) is 8.43. The highest BCUT2D eigenvalue weighted by molar-refractivity contribution is 8.01. The molecule has 0 radical (unpaired) electrons. The highest BCUT2D eigenvalue weighted by Gasteiger charge is 2.10. The zero-order chi connectivity index (χ0) is 17.8. The lowest BCUT2D eigenvalue weighted by molar-refractivity contribution is -0.113. The standard InChI is InChI=1S/C17H14ClN3OS3/c1-11-7-8-12(9-14(11)18)19-15(22)10-24-16-20-21(17(23)25-16)13-5-3-2-4-6-13/h2-9H,10H2,1H3,(H,19,22). The number of para-hydroxylation sites is 1. The summed E-state index contributed by atoms with van der Waals surface area (Å²) in [5.74, 6) is 0.139. The molecule has 4 nitrogen and oxygen atoms in total. The number of carbonyl (C=O) groups is 1. The van der Waals surface area contributed by atoms with E-state index < -0.39 is 0 Å². The number of benzene rings is 2. The molecule has 8 heteroatoms. The summed E-state index contributed by atoms with van der Waals surface area (Å²) in [5, 5.41) is 7.94. The first kappa shape index (κ1) is 18.1.